The van der Waals surface area contributed by atoms with E-state index in [0.29, 0.717) is 5.57 Å². The lowest BCUT2D eigenvalue weighted by Crippen LogP contribution is -2.22. The number of aliphatic hydroxyl groups is 3. The summed E-state index contributed by atoms with van der Waals surface area (Å²) in [5, 5.41) is 29.0. The molecule has 0 aliphatic rings. The molecule has 0 unspecified atom stereocenters. The molecule has 0 spiro atoms. The summed E-state index contributed by atoms with van der Waals surface area (Å²) >= 11 is 0. The van der Waals surface area contributed by atoms with Crippen molar-refractivity contribution in [2.24, 2.45) is 0 Å². The maximum absolute atomic E-state index is 9.95. The van der Waals surface area contributed by atoms with Crippen LogP contribution in [0.3, 0.4) is 0 Å². The molecule has 0 aromatic carbocycles. The van der Waals surface area contributed by atoms with Gasteiger partial charge in [0.1, 0.15) is 5.60 Å². The highest BCUT2D eigenvalue weighted by Gasteiger charge is 2.18. The fraction of sp³-hybridized carbons (Fsp3) is 0.600. The van der Waals surface area contributed by atoms with Gasteiger partial charge in [0.2, 0.25) is 0 Å². The second-order valence-electron chi connectivity index (χ2n) is 5.96. The fourth-order valence-corrected chi connectivity index (χ4v) is 0.999. The van der Waals surface area contributed by atoms with E-state index in [4.69, 9.17) is 0 Å². The van der Waals surface area contributed by atoms with Gasteiger partial charge in [-0.25, -0.2) is 0 Å². The van der Waals surface area contributed by atoms with Crippen LogP contribution in [-0.4, -0.2) is 32.1 Å². The predicted octanol–water partition coefficient (Wildman–Crippen LogP) is 1.79. The topological polar surface area (TPSA) is 60.7 Å². The average Bonchev–Trinajstić information content (AvgIpc) is 2.04. The molecule has 3 N–H and O–H groups in total. The van der Waals surface area contributed by atoms with E-state index in [-0.39, 0.29) is 0 Å². The van der Waals surface area contributed by atoms with Crippen LogP contribution in [0.1, 0.15) is 41.5 Å². The van der Waals surface area contributed by atoms with Crippen molar-refractivity contribution in [2.75, 3.05) is 0 Å². The molecule has 0 fully saturated rings. The van der Waals surface area contributed by atoms with Gasteiger partial charge in [0.25, 0.3) is 0 Å². The average molecular weight is 252 g/mol. The Kier molecular flexibility index (Phi) is 5.36. The van der Waals surface area contributed by atoms with Gasteiger partial charge in [0.15, 0.2) is 0 Å². The summed E-state index contributed by atoms with van der Waals surface area (Å²) in [5.74, 6) is 5.42. The van der Waals surface area contributed by atoms with Gasteiger partial charge in [-0.05, 0) is 47.6 Å². The Balaban J connectivity index is 5.21. The normalized spacial score (nSPS) is 14.6. The molecule has 0 bridgehead atoms. The van der Waals surface area contributed by atoms with Gasteiger partial charge in [-0.15, -0.1) is 0 Å². The van der Waals surface area contributed by atoms with E-state index >= 15 is 0 Å². The molecular formula is C15H24O3. The van der Waals surface area contributed by atoms with Crippen LogP contribution in [0, 0.1) is 11.8 Å². The van der Waals surface area contributed by atoms with Crippen molar-refractivity contribution in [3.05, 3.63) is 23.8 Å². The van der Waals surface area contributed by atoms with E-state index in [0.717, 1.165) is 0 Å². The standard InChI is InChI=1S/C15H24O3/c1-13(2,16)10-7-8-12(15(5,6)18)9-11-14(3,4)17/h7-8,10,16-18H,1-6H3/b10-7+,12-8-. The monoisotopic (exact) mass is 252 g/mol. The first-order chi connectivity index (χ1) is 7.81. The Bertz CT molecular complexity index is 385. The highest BCUT2D eigenvalue weighted by atomic mass is 16.3. The largest absolute Gasteiger partial charge is 0.386 e. The highest BCUT2D eigenvalue weighted by molar-refractivity contribution is 5.39. The summed E-state index contributed by atoms with van der Waals surface area (Å²) in [4.78, 5) is 0. The minimum Gasteiger partial charge on any atom is -0.386 e. The zero-order chi connectivity index (χ0) is 14.6. The number of rotatable bonds is 3. The first kappa shape index (κ1) is 16.9. The zero-order valence-electron chi connectivity index (χ0n) is 12.1. The van der Waals surface area contributed by atoms with Crippen LogP contribution in [-0.2, 0) is 0 Å². The minimum atomic E-state index is -1.11. The molecule has 0 saturated carbocycles. The maximum Gasteiger partial charge on any atom is 0.120 e. The molecule has 0 atom stereocenters. The molecule has 3 nitrogen and oxygen atoms in total. The van der Waals surface area contributed by atoms with Crippen LogP contribution in [0.4, 0.5) is 0 Å². The summed E-state index contributed by atoms with van der Waals surface area (Å²) in [5.41, 5.74) is -2.64. The number of hydrogen-bond donors (Lipinski definition) is 3. The second-order valence-corrected chi connectivity index (χ2v) is 5.96. The van der Waals surface area contributed by atoms with Gasteiger partial charge in [-0.2, -0.15) is 0 Å². The van der Waals surface area contributed by atoms with Gasteiger partial charge in [0, 0.05) is 5.57 Å². The lowest BCUT2D eigenvalue weighted by Gasteiger charge is -2.17. The van der Waals surface area contributed by atoms with Gasteiger partial charge < -0.3 is 15.3 Å². The summed E-state index contributed by atoms with van der Waals surface area (Å²) in [7, 11) is 0. The first-order valence-electron chi connectivity index (χ1n) is 5.91. The van der Waals surface area contributed by atoms with Crippen molar-refractivity contribution in [3.8, 4) is 11.8 Å². The fourth-order valence-electron chi connectivity index (χ4n) is 0.999. The number of hydrogen-bond acceptors (Lipinski definition) is 3. The van der Waals surface area contributed by atoms with Crippen molar-refractivity contribution >= 4 is 0 Å². The van der Waals surface area contributed by atoms with Crippen molar-refractivity contribution in [2.45, 2.75) is 58.3 Å². The molecule has 0 aliphatic heterocycles. The lowest BCUT2D eigenvalue weighted by molar-refractivity contribution is 0.124. The molecule has 0 aromatic rings. The molecule has 0 amide bonds. The summed E-state index contributed by atoms with van der Waals surface area (Å²) in [6.45, 7) is 9.71. The summed E-state index contributed by atoms with van der Waals surface area (Å²) < 4.78 is 0. The van der Waals surface area contributed by atoms with E-state index < -0.39 is 16.8 Å². The van der Waals surface area contributed by atoms with E-state index in [1.54, 1.807) is 59.8 Å². The summed E-state index contributed by atoms with van der Waals surface area (Å²) in [6, 6.07) is 0. The molecule has 102 valence electrons. The smallest absolute Gasteiger partial charge is 0.120 e. The van der Waals surface area contributed by atoms with Crippen molar-refractivity contribution in [1.82, 2.24) is 0 Å². The van der Waals surface area contributed by atoms with Crippen molar-refractivity contribution < 1.29 is 15.3 Å². The van der Waals surface area contributed by atoms with E-state index in [1.165, 1.54) is 0 Å². The predicted molar refractivity (Wildman–Crippen MR) is 73.9 cm³/mol. The molecule has 0 aliphatic carbocycles. The van der Waals surface area contributed by atoms with E-state index in [2.05, 4.69) is 11.8 Å². The zero-order valence-corrected chi connectivity index (χ0v) is 12.1. The lowest BCUT2D eigenvalue weighted by atomic mass is 9.96. The van der Waals surface area contributed by atoms with E-state index in [9.17, 15) is 15.3 Å². The Labute approximate surface area is 110 Å². The van der Waals surface area contributed by atoms with Gasteiger partial charge in [0.05, 0.1) is 11.2 Å². The molecule has 0 saturated heterocycles. The molecule has 0 rings (SSSR count). The van der Waals surface area contributed by atoms with Crippen LogP contribution >= 0.6 is 0 Å². The Morgan fingerprint density at radius 1 is 0.944 bits per heavy atom. The minimum absolute atomic E-state index is 0.477. The van der Waals surface area contributed by atoms with Crippen molar-refractivity contribution in [3.63, 3.8) is 0 Å². The third-order valence-corrected chi connectivity index (χ3v) is 1.93. The molecule has 3 heteroatoms. The van der Waals surface area contributed by atoms with Crippen molar-refractivity contribution in [1.29, 1.82) is 0 Å². The molecule has 0 heterocycles. The Morgan fingerprint density at radius 3 is 1.78 bits per heavy atom. The SMILES string of the molecule is CC(C)(O)C#C/C(=C/C=C/C(C)(C)O)C(C)(C)O. The van der Waals surface area contributed by atoms with E-state index in [1.807, 2.05) is 0 Å². The third-order valence-electron chi connectivity index (χ3n) is 1.93. The van der Waals surface area contributed by atoms with Crippen LogP contribution in [0.5, 0.6) is 0 Å². The van der Waals surface area contributed by atoms with Gasteiger partial charge in [-0.1, -0.05) is 24.0 Å². The maximum atomic E-state index is 9.95. The number of allylic oxidation sites excluding steroid dienone is 2. The molecule has 18 heavy (non-hydrogen) atoms. The Hall–Kier alpha value is -1.08. The third kappa shape index (κ3) is 9.00. The van der Waals surface area contributed by atoms with Crippen LogP contribution in [0.2, 0.25) is 0 Å². The summed E-state index contributed by atoms with van der Waals surface area (Å²) in [6.07, 6.45) is 4.88. The van der Waals surface area contributed by atoms with Crippen LogP contribution < -0.4 is 0 Å². The van der Waals surface area contributed by atoms with Gasteiger partial charge >= 0.3 is 0 Å². The van der Waals surface area contributed by atoms with Gasteiger partial charge in [-0.3, -0.25) is 0 Å². The quantitative estimate of drug-likeness (QED) is 0.530. The Morgan fingerprint density at radius 2 is 1.44 bits per heavy atom. The van der Waals surface area contributed by atoms with Crippen LogP contribution in [0.15, 0.2) is 23.8 Å². The molecule has 0 aromatic heterocycles. The second kappa shape index (κ2) is 5.71. The van der Waals surface area contributed by atoms with Crippen LogP contribution in [0.25, 0.3) is 0 Å². The highest BCUT2D eigenvalue weighted by Crippen LogP contribution is 2.16. The molecule has 0 radical (unpaired) electrons. The first-order valence-corrected chi connectivity index (χ1v) is 5.91. The molecular weight excluding hydrogens is 228 g/mol.